The number of fused-ring (bicyclic) bond motifs is 2. The summed E-state index contributed by atoms with van der Waals surface area (Å²) in [5, 5.41) is 0.737. The van der Waals surface area contributed by atoms with Crippen molar-refractivity contribution in [1.29, 1.82) is 0 Å². The van der Waals surface area contributed by atoms with Crippen molar-refractivity contribution in [2.24, 2.45) is 0 Å². The van der Waals surface area contributed by atoms with E-state index in [0.29, 0.717) is 36.5 Å². The van der Waals surface area contributed by atoms with Crippen molar-refractivity contribution < 1.29 is 9.18 Å². The Morgan fingerprint density at radius 2 is 1.89 bits per heavy atom. The van der Waals surface area contributed by atoms with Crippen LogP contribution in [0.2, 0.25) is 0 Å². The molecule has 2 saturated heterocycles. The summed E-state index contributed by atoms with van der Waals surface area (Å²) in [5.41, 5.74) is 2.19. The lowest BCUT2D eigenvalue weighted by molar-refractivity contribution is -0.127. The van der Waals surface area contributed by atoms with E-state index in [1.54, 1.807) is 6.07 Å². The highest BCUT2D eigenvalue weighted by atomic mass is 19.1. The van der Waals surface area contributed by atoms with Crippen LogP contribution in [-0.4, -0.2) is 52.0 Å². The van der Waals surface area contributed by atoms with E-state index in [4.69, 9.17) is 0 Å². The average molecular weight is 369 g/mol. The molecule has 1 amide bonds. The number of carbonyl (C=O) groups is 1. The largest absolute Gasteiger partial charge is 0.344 e. The second-order valence-corrected chi connectivity index (χ2v) is 8.69. The molecule has 5 rings (SSSR count). The van der Waals surface area contributed by atoms with Gasteiger partial charge in [0.2, 0.25) is 5.91 Å². The lowest BCUT2D eigenvalue weighted by Gasteiger charge is -2.38. The highest BCUT2D eigenvalue weighted by Crippen LogP contribution is 2.40. The van der Waals surface area contributed by atoms with Crippen LogP contribution in [0.25, 0.3) is 10.9 Å². The molecule has 3 fully saturated rings. The molecule has 1 saturated carbocycles. The van der Waals surface area contributed by atoms with Crippen LogP contribution in [0.5, 0.6) is 0 Å². The fourth-order valence-electron chi connectivity index (χ4n) is 5.95. The van der Waals surface area contributed by atoms with Crippen molar-refractivity contribution in [2.45, 2.75) is 69.6 Å². The van der Waals surface area contributed by atoms with Gasteiger partial charge in [-0.2, -0.15) is 0 Å². The van der Waals surface area contributed by atoms with E-state index in [2.05, 4.69) is 22.6 Å². The Morgan fingerprint density at radius 3 is 2.74 bits per heavy atom. The number of aromatic nitrogens is 1. The van der Waals surface area contributed by atoms with E-state index in [-0.39, 0.29) is 5.82 Å². The third-order valence-electron chi connectivity index (χ3n) is 7.33. The number of carbonyl (C=O) groups excluding carboxylic acids is 1. The molecule has 144 valence electrons. The minimum atomic E-state index is -0.128. The maximum atomic E-state index is 14.2. The Morgan fingerprint density at radius 1 is 1.07 bits per heavy atom. The smallest absolute Gasteiger partial charge is 0.224 e. The molecule has 0 bridgehead atoms. The summed E-state index contributed by atoms with van der Waals surface area (Å²) in [5.74, 6) is 0.168. The van der Waals surface area contributed by atoms with Crippen LogP contribution in [0.4, 0.5) is 4.39 Å². The van der Waals surface area contributed by atoms with E-state index in [1.165, 1.54) is 12.8 Å². The normalized spacial score (nSPS) is 31.8. The topological polar surface area (TPSA) is 28.5 Å². The Bertz CT molecular complexity index is 891. The van der Waals surface area contributed by atoms with Gasteiger partial charge in [-0.1, -0.05) is 6.07 Å². The number of halogens is 1. The minimum Gasteiger partial charge on any atom is -0.344 e. The third kappa shape index (κ3) is 2.62. The molecule has 1 aliphatic carbocycles. The SMILES string of the molecule is Cc1ccc(F)c2ccn([C@@H]3CCC[C@@H](N4CC[C@H]5[C@@H]4CC(=O)N5C)C3)c12. The van der Waals surface area contributed by atoms with Crippen LogP contribution < -0.4 is 0 Å². The zero-order valence-corrected chi connectivity index (χ0v) is 16.2. The van der Waals surface area contributed by atoms with Crippen molar-refractivity contribution in [1.82, 2.24) is 14.4 Å². The highest BCUT2D eigenvalue weighted by molar-refractivity contribution is 5.84. The molecule has 1 aromatic heterocycles. The van der Waals surface area contributed by atoms with Gasteiger partial charge in [0.05, 0.1) is 5.52 Å². The Kier molecular flexibility index (Phi) is 4.04. The first kappa shape index (κ1) is 17.2. The van der Waals surface area contributed by atoms with Gasteiger partial charge in [0.1, 0.15) is 5.82 Å². The van der Waals surface area contributed by atoms with E-state index in [0.717, 1.165) is 42.3 Å². The molecule has 3 aliphatic rings. The average Bonchev–Trinajstić information content (AvgIpc) is 3.35. The van der Waals surface area contributed by atoms with Crippen LogP contribution in [0.3, 0.4) is 0 Å². The first-order chi connectivity index (χ1) is 13.0. The fourth-order valence-corrected chi connectivity index (χ4v) is 5.95. The number of likely N-dealkylation sites (tertiary alicyclic amines) is 2. The van der Waals surface area contributed by atoms with Gasteiger partial charge in [-0.3, -0.25) is 9.69 Å². The van der Waals surface area contributed by atoms with Gasteiger partial charge >= 0.3 is 0 Å². The van der Waals surface area contributed by atoms with Gasteiger partial charge in [0, 0.05) is 55.8 Å². The molecule has 3 heterocycles. The zero-order valence-electron chi connectivity index (χ0n) is 16.2. The van der Waals surface area contributed by atoms with Gasteiger partial charge in [-0.05, 0) is 56.7 Å². The molecule has 0 N–H and O–H groups in total. The summed E-state index contributed by atoms with van der Waals surface area (Å²) in [4.78, 5) is 16.7. The third-order valence-corrected chi connectivity index (χ3v) is 7.33. The number of likely N-dealkylation sites (N-methyl/N-ethyl adjacent to an activating group) is 1. The second-order valence-electron chi connectivity index (χ2n) is 8.69. The van der Waals surface area contributed by atoms with Crippen molar-refractivity contribution >= 4 is 16.8 Å². The van der Waals surface area contributed by atoms with Crippen LogP contribution in [-0.2, 0) is 4.79 Å². The summed E-state index contributed by atoms with van der Waals surface area (Å²) in [6.45, 7) is 3.17. The lowest BCUT2D eigenvalue weighted by Crippen LogP contribution is -2.44. The molecular formula is C22H28FN3O. The number of hydrogen-bond donors (Lipinski definition) is 0. The van der Waals surface area contributed by atoms with E-state index < -0.39 is 0 Å². The first-order valence-electron chi connectivity index (χ1n) is 10.3. The lowest BCUT2D eigenvalue weighted by atomic mass is 9.89. The quantitative estimate of drug-likeness (QED) is 0.804. The molecule has 5 heteroatoms. The van der Waals surface area contributed by atoms with Gasteiger partial charge in [0.15, 0.2) is 0 Å². The van der Waals surface area contributed by atoms with Crippen LogP contribution in [0.15, 0.2) is 24.4 Å². The van der Waals surface area contributed by atoms with Crippen molar-refractivity contribution in [3.05, 3.63) is 35.8 Å². The first-order valence-corrected chi connectivity index (χ1v) is 10.3. The Balaban J connectivity index is 1.41. The highest BCUT2D eigenvalue weighted by Gasteiger charge is 2.47. The Hall–Kier alpha value is -1.88. The van der Waals surface area contributed by atoms with Crippen LogP contribution >= 0.6 is 0 Å². The standard InChI is InChI=1S/C22H28FN3O/c1-14-6-7-18(23)17-8-10-26(22(14)17)16-5-3-4-15(12-16)25-11-9-19-20(25)13-21(27)24(19)2/h6-8,10,15-16,19-20H,3-5,9,11-13H2,1-2H3/t15-,16-,19+,20+/m1/s1. The minimum absolute atomic E-state index is 0.128. The van der Waals surface area contributed by atoms with Crippen LogP contribution in [0, 0.1) is 12.7 Å². The van der Waals surface area contributed by atoms with Crippen LogP contribution in [0.1, 0.15) is 50.1 Å². The number of hydrogen-bond acceptors (Lipinski definition) is 2. The molecule has 1 aromatic carbocycles. The number of amides is 1. The summed E-state index contributed by atoms with van der Waals surface area (Å²) in [6.07, 6.45) is 8.51. The van der Waals surface area contributed by atoms with Crippen molar-refractivity contribution in [3.8, 4) is 0 Å². The number of rotatable bonds is 2. The summed E-state index contributed by atoms with van der Waals surface area (Å²) in [6, 6.07) is 7.13. The van der Waals surface area contributed by atoms with Gasteiger partial charge < -0.3 is 9.47 Å². The van der Waals surface area contributed by atoms with Gasteiger partial charge in [0.25, 0.3) is 0 Å². The summed E-state index contributed by atoms with van der Waals surface area (Å²) >= 11 is 0. The van der Waals surface area contributed by atoms with Crippen molar-refractivity contribution in [2.75, 3.05) is 13.6 Å². The monoisotopic (exact) mass is 369 g/mol. The van der Waals surface area contributed by atoms with Gasteiger partial charge in [-0.15, -0.1) is 0 Å². The molecule has 2 aliphatic heterocycles. The van der Waals surface area contributed by atoms with E-state index in [9.17, 15) is 9.18 Å². The fraction of sp³-hybridized carbons (Fsp3) is 0.591. The van der Waals surface area contributed by atoms with Gasteiger partial charge in [-0.25, -0.2) is 4.39 Å². The molecule has 0 radical (unpaired) electrons. The van der Waals surface area contributed by atoms with E-state index >= 15 is 0 Å². The Labute approximate surface area is 159 Å². The molecule has 4 nitrogen and oxygen atoms in total. The summed E-state index contributed by atoms with van der Waals surface area (Å²) < 4.78 is 16.6. The zero-order chi connectivity index (χ0) is 18.7. The van der Waals surface area contributed by atoms with Crippen molar-refractivity contribution in [3.63, 3.8) is 0 Å². The second kappa shape index (κ2) is 6.33. The molecule has 4 atom stereocenters. The number of nitrogens with zero attached hydrogens (tertiary/aromatic N) is 3. The maximum absolute atomic E-state index is 14.2. The molecule has 0 unspecified atom stereocenters. The molecule has 27 heavy (non-hydrogen) atoms. The predicted molar refractivity (Wildman–Crippen MR) is 104 cm³/mol. The van der Waals surface area contributed by atoms with E-state index in [1.807, 2.05) is 24.1 Å². The molecule has 2 aromatic rings. The number of benzene rings is 1. The summed E-state index contributed by atoms with van der Waals surface area (Å²) in [7, 11) is 1.96. The predicted octanol–water partition coefficient (Wildman–Crippen LogP) is 3.88. The number of aryl methyl sites for hydroxylation is 1. The molecule has 0 spiro atoms. The maximum Gasteiger partial charge on any atom is 0.224 e. The molecular weight excluding hydrogens is 341 g/mol.